The first kappa shape index (κ1) is 25.3. The molecule has 1 aromatic rings. The van der Waals surface area contributed by atoms with Gasteiger partial charge >= 0.3 is 26.2 Å². The minimum atomic E-state index is 0. The molecule has 2 radical (unpaired) electrons. The topological polar surface area (TPSA) is 0 Å². The Labute approximate surface area is 182 Å². The summed E-state index contributed by atoms with van der Waals surface area (Å²) in [5.41, 5.74) is 2.97. The van der Waals surface area contributed by atoms with Gasteiger partial charge in [-0.2, -0.15) is 18.2 Å². The van der Waals surface area contributed by atoms with E-state index in [1.807, 2.05) is 61.7 Å². The fourth-order valence-electron chi connectivity index (χ4n) is 2.61. The molecule has 0 aromatic heterocycles. The van der Waals surface area contributed by atoms with Gasteiger partial charge in [-0.3, -0.25) is 0 Å². The van der Waals surface area contributed by atoms with Gasteiger partial charge in [0.2, 0.25) is 0 Å². The Kier molecular flexibility index (Phi) is 18.6. The monoisotopic (exact) mass is 424 g/mol. The summed E-state index contributed by atoms with van der Waals surface area (Å²) in [6.07, 6.45) is 28.4. The normalized spacial score (nSPS) is 17.8. The van der Waals surface area contributed by atoms with Crippen LogP contribution in [0.3, 0.4) is 0 Å². The summed E-state index contributed by atoms with van der Waals surface area (Å²) in [6, 6.07) is 10.0. The van der Waals surface area contributed by atoms with Gasteiger partial charge in [0.1, 0.15) is 0 Å². The molecule has 0 bridgehead atoms. The fourth-order valence-corrected chi connectivity index (χ4v) is 2.61. The zero-order valence-electron chi connectivity index (χ0n) is 16.6. The third-order valence-corrected chi connectivity index (χ3v) is 4.07. The van der Waals surface area contributed by atoms with Crippen LogP contribution in [0.15, 0.2) is 53.6 Å². The Hall–Kier alpha value is -0.677. The first-order chi connectivity index (χ1) is 12.4. The molecule has 0 unspecified atom stereocenters. The van der Waals surface area contributed by atoms with Gasteiger partial charge in [0.25, 0.3) is 0 Å². The van der Waals surface area contributed by atoms with Gasteiger partial charge in [0, 0.05) is 0 Å². The predicted octanol–water partition coefficient (Wildman–Crippen LogP) is 7.58. The molecule has 2 aliphatic carbocycles. The smallest absolute Gasteiger partial charge is 0.373 e. The molecule has 26 heavy (non-hydrogen) atoms. The first-order valence-electron chi connectivity index (χ1n) is 9.91. The maximum Gasteiger partial charge on any atom is 4.00 e. The van der Waals surface area contributed by atoms with Crippen LogP contribution in [0.5, 0.6) is 0 Å². The molecular weight excluding hydrogens is 391 g/mol. The number of hydrogen-bond donors (Lipinski definition) is 0. The van der Waals surface area contributed by atoms with E-state index in [0.717, 1.165) is 12.8 Å². The van der Waals surface area contributed by atoms with E-state index in [1.54, 1.807) is 0 Å². The first-order valence-corrected chi connectivity index (χ1v) is 9.91. The van der Waals surface area contributed by atoms with Crippen molar-refractivity contribution < 1.29 is 26.2 Å². The Balaban J connectivity index is 0.000000460. The molecule has 3 rings (SSSR count). The number of unbranched alkanes of at least 4 members (excludes halogenated alkanes) is 4. The zero-order chi connectivity index (χ0) is 18.0. The molecule has 0 aliphatic heterocycles. The van der Waals surface area contributed by atoms with Gasteiger partial charge in [0.15, 0.2) is 0 Å². The van der Waals surface area contributed by atoms with Crippen molar-refractivity contribution in [3.8, 4) is 0 Å². The predicted molar refractivity (Wildman–Crippen MR) is 110 cm³/mol. The molecule has 1 heteroatoms. The molecule has 0 nitrogen and oxygen atoms in total. The van der Waals surface area contributed by atoms with Gasteiger partial charge < -0.3 is 23.3 Å². The van der Waals surface area contributed by atoms with Crippen molar-refractivity contribution in [1.29, 1.82) is 0 Å². The van der Waals surface area contributed by atoms with Crippen LogP contribution < -0.4 is 0 Å². The molecule has 0 atom stereocenters. The van der Waals surface area contributed by atoms with Crippen LogP contribution in [0, 0.1) is 31.4 Å². The average molecular weight is 426 g/mol. The second kappa shape index (κ2) is 19.1. The van der Waals surface area contributed by atoms with Gasteiger partial charge in [-0.05, 0) is 0 Å². The number of rotatable bonds is 6. The van der Waals surface area contributed by atoms with E-state index in [9.17, 15) is 0 Å². The Morgan fingerprint density at radius 2 is 1.50 bits per heavy atom. The minimum Gasteiger partial charge on any atom is -0.373 e. The molecule has 0 amide bonds. The van der Waals surface area contributed by atoms with Crippen molar-refractivity contribution in [2.45, 2.75) is 71.6 Å². The van der Waals surface area contributed by atoms with Crippen LogP contribution in [0.2, 0.25) is 0 Å². The van der Waals surface area contributed by atoms with Crippen molar-refractivity contribution in [2.24, 2.45) is 0 Å². The molecule has 0 spiro atoms. The summed E-state index contributed by atoms with van der Waals surface area (Å²) >= 11 is 0. The average Bonchev–Trinajstić information content (AvgIpc) is 3.40. The summed E-state index contributed by atoms with van der Waals surface area (Å²) in [7, 11) is 0. The Morgan fingerprint density at radius 3 is 1.81 bits per heavy atom. The molecule has 0 saturated heterocycles. The van der Waals surface area contributed by atoms with Crippen LogP contribution in [0.25, 0.3) is 0 Å². The van der Waals surface area contributed by atoms with E-state index in [-0.39, 0.29) is 26.2 Å². The minimum absolute atomic E-state index is 0. The number of hydrogen-bond acceptors (Lipinski definition) is 0. The summed E-state index contributed by atoms with van der Waals surface area (Å²) in [5, 5.41) is 0. The molecule has 0 N–H and O–H groups in total. The van der Waals surface area contributed by atoms with E-state index in [4.69, 9.17) is 0 Å². The molecule has 1 saturated carbocycles. The van der Waals surface area contributed by atoms with Crippen LogP contribution in [-0.4, -0.2) is 0 Å². The number of allylic oxidation sites excluding steroid dienone is 6. The molecule has 2 aliphatic rings. The van der Waals surface area contributed by atoms with E-state index in [0.29, 0.717) is 0 Å². The van der Waals surface area contributed by atoms with Gasteiger partial charge in [-0.1, -0.05) is 46.0 Å². The maximum atomic E-state index is 3.58. The van der Waals surface area contributed by atoms with Crippen LogP contribution in [0.4, 0.5) is 0 Å². The van der Waals surface area contributed by atoms with E-state index < -0.39 is 0 Å². The third-order valence-electron chi connectivity index (χ3n) is 4.07. The standard InChI is InChI=1S/C15H24.2C5H5.Zr/c1-3-5-7-10-14-12-9-13-15(14)11-8-6-4-2;2*1-2-4-5-3-1;/h3-9,12-13H2,1-2H3;2*1-5H;/q-2;2*-1;+4. The van der Waals surface area contributed by atoms with E-state index in [2.05, 4.69) is 26.0 Å². The van der Waals surface area contributed by atoms with E-state index in [1.165, 1.54) is 56.1 Å². The quantitative estimate of drug-likeness (QED) is 0.325. The van der Waals surface area contributed by atoms with Gasteiger partial charge in [-0.25, -0.2) is 30.7 Å². The molecule has 138 valence electrons. The zero-order valence-corrected chi connectivity index (χ0v) is 19.1. The third kappa shape index (κ3) is 13.5. The molecule has 0 heterocycles. The van der Waals surface area contributed by atoms with Gasteiger partial charge in [0.05, 0.1) is 0 Å². The molecule has 1 fully saturated rings. The summed E-state index contributed by atoms with van der Waals surface area (Å²) in [6.45, 7) is 4.48. The summed E-state index contributed by atoms with van der Waals surface area (Å²) in [4.78, 5) is 0. The van der Waals surface area contributed by atoms with E-state index >= 15 is 0 Å². The SMILES string of the molecule is CCCC[C-]=C1CCCC1=[C-]CCCC.[CH]1[CH][CH-]C=C1.[Zr+4].c1cc[cH-]c1. The molecule has 1 aromatic carbocycles. The fraction of sp³-hybridized carbons (Fsp3) is 0.440. The van der Waals surface area contributed by atoms with Crippen LogP contribution in [0.1, 0.15) is 71.6 Å². The van der Waals surface area contributed by atoms with Crippen molar-refractivity contribution in [1.82, 2.24) is 0 Å². The Morgan fingerprint density at radius 1 is 0.923 bits per heavy atom. The Bertz CT molecular complexity index is 429. The van der Waals surface area contributed by atoms with Crippen LogP contribution >= 0.6 is 0 Å². The summed E-state index contributed by atoms with van der Waals surface area (Å²) < 4.78 is 0. The largest absolute Gasteiger partial charge is 4.00 e. The second-order valence-electron chi connectivity index (χ2n) is 6.30. The maximum absolute atomic E-state index is 3.58. The van der Waals surface area contributed by atoms with Gasteiger partial charge in [-0.15, -0.1) is 38.5 Å². The van der Waals surface area contributed by atoms with Crippen molar-refractivity contribution in [3.05, 3.63) is 85.0 Å². The molecular formula is C25H34Zr. The van der Waals surface area contributed by atoms with Crippen molar-refractivity contribution in [3.63, 3.8) is 0 Å². The van der Waals surface area contributed by atoms with Crippen molar-refractivity contribution in [2.75, 3.05) is 0 Å². The summed E-state index contributed by atoms with van der Waals surface area (Å²) in [5.74, 6) is 0. The second-order valence-corrected chi connectivity index (χ2v) is 6.30. The van der Waals surface area contributed by atoms with Crippen molar-refractivity contribution >= 4 is 0 Å². The van der Waals surface area contributed by atoms with Crippen LogP contribution in [-0.2, 0) is 26.2 Å².